The van der Waals surface area contributed by atoms with E-state index in [1.807, 2.05) is 0 Å². The SMILES string of the molecule is C1C[CH2][Al+][CH2]C1.O.O=[S-](=O)O.[Ca+2].[H-].[H-]. The molecule has 0 bridgehead atoms. The summed E-state index contributed by atoms with van der Waals surface area (Å²) in [5.74, 6) is 0. The van der Waals surface area contributed by atoms with Crippen molar-refractivity contribution in [1.82, 2.24) is 0 Å². The molecule has 1 aliphatic heterocycles. The maximum atomic E-state index is 8.56. The molecule has 1 saturated heterocycles. The molecule has 1 rings (SSSR count). The van der Waals surface area contributed by atoms with Crippen LogP contribution < -0.4 is 0 Å². The van der Waals surface area contributed by atoms with E-state index >= 15 is 0 Å². The van der Waals surface area contributed by atoms with Gasteiger partial charge in [-0.05, 0) is 0 Å². The quantitative estimate of drug-likeness (QED) is 0.288. The van der Waals surface area contributed by atoms with Crippen LogP contribution in [0.15, 0.2) is 0 Å². The molecule has 3 N–H and O–H groups in total. The summed E-state index contributed by atoms with van der Waals surface area (Å²) in [5, 5.41) is 3.17. The van der Waals surface area contributed by atoms with Crippen molar-refractivity contribution in [1.29, 1.82) is 0 Å². The molecule has 0 unspecified atom stereocenters. The van der Waals surface area contributed by atoms with Crippen molar-refractivity contribution in [3.8, 4) is 0 Å². The van der Waals surface area contributed by atoms with Gasteiger partial charge in [0.25, 0.3) is 0 Å². The van der Waals surface area contributed by atoms with Crippen LogP contribution in [0, 0.1) is 0 Å². The van der Waals surface area contributed by atoms with E-state index in [1.54, 1.807) is 10.6 Å². The Labute approximate surface area is 114 Å². The topological polar surface area (TPSA) is 85.9 Å². The van der Waals surface area contributed by atoms with Crippen LogP contribution in [0.1, 0.15) is 22.1 Å². The van der Waals surface area contributed by atoms with E-state index in [-0.39, 0.29) is 46.1 Å². The molecule has 0 atom stereocenters. The summed E-state index contributed by atoms with van der Waals surface area (Å²) >= 11 is 0.905. The van der Waals surface area contributed by atoms with Crippen molar-refractivity contribution in [2.24, 2.45) is 0 Å². The van der Waals surface area contributed by atoms with Crippen LogP contribution in [0.5, 0.6) is 0 Å². The molecule has 4 nitrogen and oxygen atoms in total. The van der Waals surface area contributed by atoms with Gasteiger partial charge in [0, 0.05) is 11.0 Å². The average Bonchev–Trinajstić information content (AvgIpc) is 1.90. The third-order valence-electron chi connectivity index (χ3n) is 1.32. The fourth-order valence-electron chi connectivity index (χ4n) is 0.898. The zero-order chi connectivity index (χ0) is 7.82. The second-order valence-electron chi connectivity index (χ2n) is 2.14. The molecule has 7 heteroatoms. The maximum Gasteiger partial charge on any atom is 2.00 e. The van der Waals surface area contributed by atoms with Crippen LogP contribution in [-0.4, -0.2) is 63.0 Å². The monoisotopic (exact) mass is 238 g/mol. The first-order valence-corrected chi connectivity index (χ1v) is 6.00. The van der Waals surface area contributed by atoms with E-state index < -0.39 is 11.0 Å². The van der Waals surface area contributed by atoms with Crippen LogP contribution >= 0.6 is 0 Å². The predicted octanol–water partition coefficient (Wildman–Crippen LogP) is 0.499. The van der Waals surface area contributed by atoms with E-state index in [1.165, 1.54) is 19.3 Å². The summed E-state index contributed by atoms with van der Waals surface area (Å²) < 4.78 is 24.1. The number of hydrogen-bond donors (Lipinski definition) is 1. The number of rotatable bonds is 0. The Kier molecular flexibility index (Phi) is 24.3. The molecule has 0 aromatic heterocycles. The molecule has 0 saturated carbocycles. The minimum atomic E-state index is -2.86. The van der Waals surface area contributed by atoms with Gasteiger partial charge in [0.15, 0.2) is 0 Å². The van der Waals surface area contributed by atoms with Crippen LogP contribution in [0.2, 0.25) is 10.6 Å². The van der Waals surface area contributed by atoms with Crippen molar-refractivity contribution in [2.75, 3.05) is 0 Å². The minimum Gasteiger partial charge on any atom is -1.00 e. The van der Waals surface area contributed by atoms with Gasteiger partial charge in [-0.1, -0.05) is 0 Å². The molecule has 0 amide bonds. The molecule has 1 aliphatic rings. The molecule has 0 aliphatic carbocycles. The normalized spacial score (nSPS) is 13.5. The van der Waals surface area contributed by atoms with Gasteiger partial charge in [-0.2, -0.15) is 0 Å². The van der Waals surface area contributed by atoms with E-state index in [0.717, 1.165) is 15.2 Å². The van der Waals surface area contributed by atoms with Gasteiger partial charge >= 0.3 is 82.8 Å². The first-order valence-electron chi connectivity index (χ1n) is 3.33. The van der Waals surface area contributed by atoms with Crippen LogP contribution in [0.25, 0.3) is 0 Å². The first kappa shape index (κ1) is 19.3. The summed E-state index contributed by atoms with van der Waals surface area (Å²) in [7, 11) is -2.86. The zero-order valence-electron chi connectivity index (χ0n) is 8.99. The molecule has 1 heterocycles. The molecule has 70 valence electrons. The van der Waals surface area contributed by atoms with Gasteiger partial charge in [-0.25, -0.2) is 0 Å². The maximum absolute atomic E-state index is 8.56. The molecule has 0 radical (unpaired) electrons. The van der Waals surface area contributed by atoms with Crippen molar-refractivity contribution in [2.45, 2.75) is 29.8 Å². The summed E-state index contributed by atoms with van der Waals surface area (Å²) in [6, 6.07) is 0. The van der Waals surface area contributed by atoms with Gasteiger partial charge in [-0.15, -0.1) is 0 Å². The summed E-state index contributed by atoms with van der Waals surface area (Å²) in [4.78, 5) is 0. The average molecular weight is 238 g/mol. The Morgan fingerprint density at radius 2 is 1.50 bits per heavy atom. The number of hydrogen-bond acceptors (Lipinski definition) is 3. The third-order valence-corrected chi connectivity index (χ3v) is 2.95. The van der Waals surface area contributed by atoms with Gasteiger partial charge in [-0.3, -0.25) is 0 Å². The van der Waals surface area contributed by atoms with Crippen molar-refractivity contribution < 1.29 is 21.3 Å². The Hall–Kier alpha value is 1.66. The largest absolute Gasteiger partial charge is 2.00 e. The molecular weight excluding hydrogens is 223 g/mol. The summed E-state index contributed by atoms with van der Waals surface area (Å²) in [5.41, 5.74) is 0. The van der Waals surface area contributed by atoms with E-state index in [4.69, 9.17) is 13.0 Å². The third kappa shape index (κ3) is 22.6. The Bertz CT molecular complexity index is 126. The van der Waals surface area contributed by atoms with Gasteiger partial charge in [0.2, 0.25) is 0 Å². The molecule has 0 aromatic rings. The van der Waals surface area contributed by atoms with E-state index in [2.05, 4.69) is 0 Å². The first-order chi connectivity index (χ1) is 4.73. The second-order valence-corrected chi connectivity index (χ2v) is 4.31. The fourth-order valence-corrected chi connectivity index (χ4v) is 2.34. The molecule has 0 aromatic carbocycles. The van der Waals surface area contributed by atoms with Crippen molar-refractivity contribution in [3.63, 3.8) is 0 Å². The van der Waals surface area contributed by atoms with E-state index in [0.29, 0.717) is 0 Å². The Morgan fingerprint density at radius 3 is 1.58 bits per heavy atom. The van der Waals surface area contributed by atoms with Crippen LogP contribution in [0.3, 0.4) is 0 Å². The second kappa shape index (κ2) is 15.1. The van der Waals surface area contributed by atoms with Crippen LogP contribution in [0.4, 0.5) is 0 Å². The summed E-state index contributed by atoms with van der Waals surface area (Å²) in [6.07, 6.45) is 4.59. The zero-order valence-corrected chi connectivity index (χ0v) is 11.2. The van der Waals surface area contributed by atoms with Crippen molar-refractivity contribution >= 4 is 63.9 Å². The molecule has 1 fully saturated rings. The van der Waals surface area contributed by atoms with Gasteiger partial charge < -0.3 is 21.3 Å². The predicted molar refractivity (Wildman–Crippen MR) is 52.2 cm³/mol. The van der Waals surface area contributed by atoms with Crippen molar-refractivity contribution in [3.05, 3.63) is 0 Å². The minimum absolute atomic E-state index is 0. The smallest absolute Gasteiger partial charge is 1.00 e. The molecule has 12 heavy (non-hydrogen) atoms. The fraction of sp³-hybridized carbons (Fsp3) is 1.00. The molecule has 0 spiro atoms. The summed E-state index contributed by atoms with van der Waals surface area (Å²) in [6.45, 7) is 0. The van der Waals surface area contributed by atoms with Gasteiger partial charge in [0.05, 0.1) is 0 Å². The van der Waals surface area contributed by atoms with Gasteiger partial charge in [0.1, 0.15) is 0 Å². The van der Waals surface area contributed by atoms with Crippen LogP contribution in [-0.2, 0) is 19.4 Å². The standard InChI is InChI=1S/C5H10.Al.Ca.HO3S.H2O.2H/c1-3-5-4-2;;;1-4(2)3;;;/h1-5H2;;;(H,1,2,3);1H2;;/q;+1;+2;-1;;2*-1. The van der Waals surface area contributed by atoms with E-state index in [9.17, 15) is 0 Å². The Morgan fingerprint density at radius 1 is 1.17 bits per heavy atom. The Balaban J connectivity index is -0.0000000315. The molecular formula is C5H15AlCaO4S.